The summed E-state index contributed by atoms with van der Waals surface area (Å²) in [6, 6.07) is 9.50. The smallest absolute Gasteiger partial charge is 0.356 e. The van der Waals surface area contributed by atoms with Gasteiger partial charge < -0.3 is 5.32 Å². The number of rotatable bonds is 5. The van der Waals surface area contributed by atoms with Gasteiger partial charge in [0.2, 0.25) is 11.9 Å². The lowest BCUT2D eigenvalue weighted by molar-refractivity contribution is -0.167. The number of alkyl halides is 3. The van der Waals surface area contributed by atoms with Crippen LogP contribution >= 0.6 is 0 Å². The number of nitrogens with zero attached hydrogens (tertiary/aromatic N) is 2. The number of nitrogens with one attached hydrogen (secondary N) is 2. The summed E-state index contributed by atoms with van der Waals surface area (Å²) in [5, 5.41) is 3.93. The number of amides is 2. The van der Waals surface area contributed by atoms with Crippen molar-refractivity contribution in [2.24, 2.45) is 0 Å². The first kappa shape index (κ1) is 22.7. The van der Waals surface area contributed by atoms with Crippen LogP contribution in [0.4, 0.5) is 27.9 Å². The van der Waals surface area contributed by atoms with E-state index in [1.54, 1.807) is 35.6 Å². The summed E-state index contributed by atoms with van der Waals surface area (Å²) in [5.74, 6) is -5.65. The average molecular weight is 450 g/mol. The van der Waals surface area contributed by atoms with E-state index in [4.69, 9.17) is 0 Å². The molecule has 2 amide bonds. The van der Waals surface area contributed by atoms with Crippen molar-refractivity contribution in [1.29, 1.82) is 0 Å². The molecule has 0 spiro atoms. The molecule has 2 N–H and O–H groups in total. The van der Waals surface area contributed by atoms with Gasteiger partial charge in [-0.3, -0.25) is 19.5 Å². The molecular weight excluding hydrogens is 435 g/mol. The van der Waals surface area contributed by atoms with Crippen molar-refractivity contribution in [3.63, 3.8) is 0 Å². The Kier molecular flexibility index (Phi) is 6.37. The molecule has 2 aromatic carbocycles. The maximum absolute atomic E-state index is 15.1. The molecule has 0 aliphatic carbocycles. The Labute approximate surface area is 178 Å². The molecule has 0 aliphatic heterocycles. The number of hydrogen-bond acceptors (Lipinski definition) is 3. The molecule has 1 heterocycles. The summed E-state index contributed by atoms with van der Waals surface area (Å²) in [4.78, 5) is 27.1. The van der Waals surface area contributed by atoms with Crippen LogP contribution in [0.3, 0.4) is 0 Å². The van der Waals surface area contributed by atoms with Crippen molar-refractivity contribution in [2.75, 3.05) is 12.4 Å². The van der Waals surface area contributed by atoms with Gasteiger partial charge in [0.05, 0.1) is 5.69 Å². The third-order valence-electron chi connectivity index (χ3n) is 4.29. The summed E-state index contributed by atoms with van der Waals surface area (Å²) in [7, 11) is 1.35. The molecule has 3 aromatic rings. The van der Waals surface area contributed by atoms with Gasteiger partial charge in [0, 0.05) is 37.1 Å². The minimum atomic E-state index is -5.21. The number of imidazole rings is 1. The Morgan fingerprint density at radius 3 is 2.41 bits per heavy atom. The first-order chi connectivity index (χ1) is 15.1. The average Bonchev–Trinajstić information content (AvgIpc) is 3.19. The predicted molar refractivity (Wildman–Crippen MR) is 106 cm³/mol. The van der Waals surface area contributed by atoms with Crippen molar-refractivity contribution >= 4 is 23.3 Å². The van der Waals surface area contributed by atoms with Crippen LogP contribution in [0.25, 0.3) is 11.3 Å². The van der Waals surface area contributed by atoms with Crippen molar-refractivity contribution in [3.8, 4) is 5.69 Å². The summed E-state index contributed by atoms with van der Waals surface area (Å²) in [6.45, 7) is 0. The van der Waals surface area contributed by atoms with Gasteiger partial charge >= 0.3 is 12.1 Å². The van der Waals surface area contributed by atoms with Gasteiger partial charge in [-0.25, -0.2) is 13.8 Å². The van der Waals surface area contributed by atoms with E-state index in [1.165, 1.54) is 7.05 Å². The zero-order valence-corrected chi connectivity index (χ0v) is 16.4. The lowest BCUT2D eigenvalue weighted by atomic mass is 9.95. The normalized spacial score (nSPS) is 11.9. The number of anilines is 1. The second-order valence-corrected chi connectivity index (χ2v) is 6.39. The Morgan fingerprint density at radius 1 is 1.09 bits per heavy atom. The first-order valence-electron chi connectivity index (χ1n) is 9.02. The highest BCUT2D eigenvalue weighted by atomic mass is 19.4. The highest BCUT2D eigenvalue weighted by Gasteiger charge is 2.39. The third kappa shape index (κ3) is 4.82. The van der Waals surface area contributed by atoms with Crippen molar-refractivity contribution < 1.29 is 31.5 Å². The standard InChI is InChI=1S/C21H15F5N4O2/c1-27-17(31)11-14(12-5-3-2-4-6-12)18-15(23)9-13(22)10-16(18)30-8-7-28-20(30)29-19(32)21(24,25)26/h2-11H,1H3,(H,27,31)(H,28,29,32). The van der Waals surface area contributed by atoms with E-state index in [2.05, 4.69) is 10.3 Å². The van der Waals surface area contributed by atoms with Gasteiger partial charge in [-0.2, -0.15) is 13.2 Å². The number of hydrogen-bond donors (Lipinski definition) is 2. The van der Waals surface area contributed by atoms with Crippen LogP contribution in [0.2, 0.25) is 0 Å². The van der Waals surface area contributed by atoms with Gasteiger partial charge in [0.25, 0.3) is 0 Å². The van der Waals surface area contributed by atoms with Crippen LogP contribution in [-0.4, -0.2) is 34.6 Å². The zero-order chi connectivity index (χ0) is 23.5. The van der Waals surface area contributed by atoms with Crippen LogP contribution in [0.15, 0.2) is 60.9 Å². The van der Waals surface area contributed by atoms with E-state index < -0.39 is 35.6 Å². The summed E-state index contributed by atoms with van der Waals surface area (Å²) < 4.78 is 68.2. The van der Waals surface area contributed by atoms with Crippen LogP contribution in [-0.2, 0) is 9.59 Å². The molecule has 0 bridgehead atoms. The maximum atomic E-state index is 15.1. The van der Waals surface area contributed by atoms with Crippen molar-refractivity contribution in [3.05, 3.63) is 83.7 Å². The van der Waals surface area contributed by atoms with Crippen molar-refractivity contribution in [1.82, 2.24) is 14.9 Å². The van der Waals surface area contributed by atoms with E-state index in [9.17, 15) is 27.2 Å². The molecule has 0 saturated heterocycles. The number of halogens is 5. The number of carbonyl (C=O) groups excluding carboxylic acids is 2. The van der Waals surface area contributed by atoms with E-state index in [1.807, 2.05) is 0 Å². The van der Waals surface area contributed by atoms with Crippen LogP contribution in [0.1, 0.15) is 11.1 Å². The molecule has 0 atom stereocenters. The van der Waals surface area contributed by atoms with Gasteiger partial charge in [-0.05, 0) is 17.2 Å². The molecule has 166 valence electrons. The zero-order valence-electron chi connectivity index (χ0n) is 16.4. The fourth-order valence-electron chi connectivity index (χ4n) is 2.90. The number of benzene rings is 2. The van der Waals surface area contributed by atoms with Crippen LogP contribution in [0, 0.1) is 11.6 Å². The fraction of sp³-hybridized carbons (Fsp3) is 0.0952. The third-order valence-corrected chi connectivity index (χ3v) is 4.29. The molecule has 6 nitrogen and oxygen atoms in total. The minimum absolute atomic E-state index is 0.0271. The molecule has 0 saturated carbocycles. The molecular formula is C21H15F5N4O2. The molecule has 1 aromatic heterocycles. The molecule has 32 heavy (non-hydrogen) atoms. The van der Waals surface area contributed by atoms with Crippen LogP contribution < -0.4 is 10.6 Å². The molecule has 0 fully saturated rings. The van der Waals surface area contributed by atoms with Gasteiger partial charge in [0.1, 0.15) is 11.6 Å². The van der Waals surface area contributed by atoms with Crippen molar-refractivity contribution in [2.45, 2.75) is 6.18 Å². The highest BCUT2D eigenvalue weighted by Crippen LogP contribution is 2.33. The first-order valence-corrected chi connectivity index (χ1v) is 9.02. The minimum Gasteiger partial charge on any atom is -0.356 e. The second-order valence-electron chi connectivity index (χ2n) is 6.39. The second kappa shape index (κ2) is 9.00. The Balaban J connectivity index is 2.25. The fourth-order valence-corrected chi connectivity index (χ4v) is 2.90. The SMILES string of the molecule is CNC(=O)C=C(c1ccccc1)c1c(F)cc(F)cc1-n1ccnc1NC(=O)C(F)(F)F. The maximum Gasteiger partial charge on any atom is 0.471 e. The number of carbonyl (C=O) groups is 2. The van der Waals surface area contributed by atoms with Gasteiger partial charge in [0.15, 0.2) is 0 Å². The number of likely N-dealkylation sites (N-methyl/N-ethyl adjacent to an activating group) is 1. The van der Waals surface area contributed by atoms with E-state index >= 15 is 4.39 Å². The molecule has 0 unspecified atom stereocenters. The predicted octanol–water partition coefficient (Wildman–Crippen LogP) is 3.83. The van der Waals surface area contributed by atoms with E-state index in [0.29, 0.717) is 11.6 Å². The highest BCUT2D eigenvalue weighted by molar-refractivity contribution is 6.00. The molecule has 0 aliphatic rings. The van der Waals surface area contributed by atoms with Gasteiger partial charge in [-0.15, -0.1) is 0 Å². The van der Waals surface area contributed by atoms with E-state index in [-0.39, 0.29) is 16.8 Å². The molecule has 0 radical (unpaired) electrons. The topological polar surface area (TPSA) is 76.0 Å². The Hall–Kier alpha value is -4.02. The van der Waals surface area contributed by atoms with Gasteiger partial charge in [-0.1, -0.05) is 30.3 Å². The lowest BCUT2D eigenvalue weighted by Crippen LogP contribution is -2.31. The molecule has 3 rings (SSSR count). The number of aromatic nitrogens is 2. The molecule has 11 heteroatoms. The largest absolute Gasteiger partial charge is 0.471 e. The van der Waals surface area contributed by atoms with E-state index in [0.717, 1.165) is 29.1 Å². The quantitative estimate of drug-likeness (QED) is 0.458. The lowest BCUT2D eigenvalue weighted by Gasteiger charge is -2.18. The Morgan fingerprint density at radius 2 is 1.78 bits per heavy atom. The Bertz CT molecular complexity index is 1190. The summed E-state index contributed by atoms with van der Waals surface area (Å²) in [6.07, 6.45) is -1.98. The summed E-state index contributed by atoms with van der Waals surface area (Å²) in [5.41, 5.74) is -0.165. The van der Waals surface area contributed by atoms with Crippen LogP contribution in [0.5, 0.6) is 0 Å². The monoisotopic (exact) mass is 450 g/mol. The summed E-state index contributed by atoms with van der Waals surface area (Å²) >= 11 is 0.